The van der Waals surface area contributed by atoms with E-state index in [0.29, 0.717) is 18.4 Å². The molecule has 0 spiro atoms. The monoisotopic (exact) mass is 314 g/mol. The molecule has 2 heterocycles. The highest BCUT2D eigenvalue weighted by Gasteiger charge is 2.30. The lowest BCUT2D eigenvalue weighted by molar-refractivity contribution is -0.133. The fourth-order valence-corrected chi connectivity index (χ4v) is 3.75. The summed E-state index contributed by atoms with van der Waals surface area (Å²) in [4.78, 5) is 28.9. The summed E-state index contributed by atoms with van der Waals surface area (Å²) in [5.74, 6) is 0.440. The smallest absolute Gasteiger partial charge is 0.254 e. The van der Waals surface area contributed by atoms with Crippen LogP contribution < -0.4 is 0 Å². The maximum absolute atomic E-state index is 12.7. The van der Waals surface area contributed by atoms with Crippen LogP contribution in [0.1, 0.15) is 54.4 Å². The van der Waals surface area contributed by atoms with Crippen molar-refractivity contribution in [2.75, 3.05) is 19.6 Å². The summed E-state index contributed by atoms with van der Waals surface area (Å²) >= 11 is 0. The number of benzene rings is 1. The van der Waals surface area contributed by atoms with Crippen LogP contribution in [0.4, 0.5) is 0 Å². The molecule has 3 rings (SSSR count). The van der Waals surface area contributed by atoms with E-state index < -0.39 is 0 Å². The average Bonchev–Trinajstić information content (AvgIpc) is 2.79. The van der Waals surface area contributed by atoms with Crippen LogP contribution in [-0.4, -0.2) is 47.3 Å². The third-order valence-corrected chi connectivity index (χ3v) is 5.18. The first-order valence-electron chi connectivity index (χ1n) is 8.81. The molecule has 2 saturated heterocycles. The number of aryl methyl sites for hydroxylation is 1. The van der Waals surface area contributed by atoms with Gasteiger partial charge in [0.15, 0.2) is 0 Å². The Morgan fingerprint density at radius 1 is 1.04 bits per heavy atom. The van der Waals surface area contributed by atoms with Gasteiger partial charge in [-0.1, -0.05) is 24.6 Å². The van der Waals surface area contributed by atoms with Crippen LogP contribution >= 0.6 is 0 Å². The van der Waals surface area contributed by atoms with Crippen LogP contribution in [0.25, 0.3) is 0 Å². The molecule has 0 atom stereocenters. The molecule has 2 fully saturated rings. The van der Waals surface area contributed by atoms with E-state index in [1.807, 2.05) is 36.1 Å². The normalized spacial score (nSPS) is 20.5. The van der Waals surface area contributed by atoms with Crippen LogP contribution in [0.3, 0.4) is 0 Å². The summed E-state index contributed by atoms with van der Waals surface area (Å²) in [6, 6.07) is 8.09. The first-order valence-corrected chi connectivity index (χ1v) is 8.81. The molecule has 0 N–H and O–H groups in total. The maximum Gasteiger partial charge on any atom is 0.254 e. The fraction of sp³-hybridized carbons (Fsp3) is 0.579. The molecular formula is C19H26N2O2. The highest BCUT2D eigenvalue weighted by Crippen LogP contribution is 2.23. The standard InChI is InChI=1S/C19H26N2O2/c1-15-7-4-5-8-17(15)19(23)20-13-10-16(11-14-20)21-12-6-2-3-9-18(21)22/h4-5,7-8,16H,2-3,6,9-14H2,1H3. The van der Waals surface area contributed by atoms with Crippen LogP contribution in [0, 0.1) is 6.92 Å². The fourth-order valence-electron chi connectivity index (χ4n) is 3.75. The second kappa shape index (κ2) is 7.16. The maximum atomic E-state index is 12.7. The third-order valence-electron chi connectivity index (χ3n) is 5.18. The van der Waals surface area contributed by atoms with Gasteiger partial charge in [0, 0.05) is 37.7 Å². The van der Waals surface area contributed by atoms with Crippen LogP contribution in [0.2, 0.25) is 0 Å². The number of rotatable bonds is 2. The minimum absolute atomic E-state index is 0.128. The van der Waals surface area contributed by atoms with E-state index in [9.17, 15) is 9.59 Å². The Balaban J connectivity index is 1.61. The van der Waals surface area contributed by atoms with Gasteiger partial charge in [0.1, 0.15) is 0 Å². The zero-order chi connectivity index (χ0) is 16.2. The molecule has 2 amide bonds. The van der Waals surface area contributed by atoms with Crippen molar-refractivity contribution in [2.24, 2.45) is 0 Å². The summed E-state index contributed by atoms with van der Waals surface area (Å²) in [6.45, 7) is 4.38. The average molecular weight is 314 g/mol. The molecule has 2 aliphatic rings. The number of likely N-dealkylation sites (tertiary alicyclic amines) is 2. The van der Waals surface area contributed by atoms with Crippen molar-refractivity contribution >= 4 is 11.8 Å². The Labute approximate surface area is 138 Å². The molecule has 0 bridgehead atoms. The molecule has 4 nitrogen and oxygen atoms in total. The third kappa shape index (κ3) is 3.57. The summed E-state index contributed by atoms with van der Waals surface area (Å²) in [5, 5.41) is 0. The topological polar surface area (TPSA) is 40.6 Å². The summed E-state index contributed by atoms with van der Waals surface area (Å²) in [7, 11) is 0. The zero-order valence-electron chi connectivity index (χ0n) is 14.0. The van der Waals surface area contributed by atoms with Crippen LogP contribution in [-0.2, 0) is 4.79 Å². The highest BCUT2D eigenvalue weighted by atomic mass is 16.2. The van der Waals surface area contributed by atoms with Crippen molar-refractivity contribution in [3.8, 4) is 0 Å². The Bertz CT molecular complexity index is 576. The number of amides is 2. The molecule has 2 aliphatic heterocycles. The van der Waals surface area contributed by atoms with Gasteiger partial charge in [0.05, 0.1) is 0 Å². The van der Waals surface area contributed by atoms with Gasteiger partial charge in [0.2, 0.25) is 5.91 Å². The summed E-state index contributed by atoms with van der Waals surface area (Å²) in [5.41, 5.74) is 1.83. The van der Waals surface area contributed by atoms with Crippen molar-refractivity contribution in [3.05, 3.63) is 35.4 Å². The van der Waals surface area contributed by atoms with Crippen molar-refractivity contribution < 1.29 is 9.59 Å². The molecule has 0 aromatic heterocycles. The Morgan fingerprint density at radius 2 is 1.78 bits per heavy atom. The molecule has 0 aliphatic carbocycles. The van der Waals surface area contributed by atoms with Gasteiger partial charge in [-0.3, -0.25) is 9.59 Å². The molecule has 1 aromatic rings. The molecule has 4 heteroatoms. The molecule has 0 saturated carbocycles. The van der Waals surface area contributed by atoms with E-state index in [1.165, 1.54) is 0 Å². The molecule has 0 radical (unpaired) electrons. The highest BCUT2D eigenvalue weighted by molar-refractivity contribution is 5.95. The van der Waals surface area contributed by atoms with E-state index in [1.54, 1.807) is 0 Å². The number of carbonyl (C=O) groups excluding carboxylic acids is 2. The molecular weight excluding hydrogens is 288 g/mol. The molecule has 1 aromatic carbocycles. The Kier molecular flexibility index (Phi) is 4.99. The van der Waals surface area contributed by atoms with Gasteiger partial charge in [0.25, 0.3) is 5.91 Å². The van der Waals surface area contributed by atoms with Crippen LogP contribution in [0.5, 0.6) is 0 Å². The number of piperidine rings is 1. The Hall–Kier alpha value is -1.84. The van der Waals surface area contributed by atoms with Crippen LogP contribution in [0.15, 0.2) is 24.3 Å². The zero-order valence-corrected chi connectivity index (χ0v) is 14.0. The number of nitrogens with zero attached hydrogens (tertiary/aromatic N) is 2. The van der Waals surface area contributed by atoms with E-state index in [-0.39, 0.29) is 5.91 Å². The predicted octanol–water partition coefficient (Wildman–Crippen LogP) is 3.00. The molecule has 0 unspecified atom stereocenters. The largest absolute Gasteiger partial charge is 0.340 e. The Morgan fingerprint density at radius 3 is 2.52 bits per heavy atom. The van der Waals surface area contributed by atoms with E-state index in [2.05, 4.69) is 4.90 Å². The minimum Gasteiger partial charge on any atom is -0.340 e. The van der Waals surface area contributed by atoms with Gasteiger partial charge >= 0.3 is 0 Å². The molecule has 23 heavy (non-hydrogen) atoms. The second-order valence-electron chi connectivity index (χ2n) is 6.74. The molecule has 124 valence electrons. The quantitative estimate of drug-likeness (QED) is 0.842. The van der Waals surface area contributed by atoms with Gasteiger partial charge in [-0.15, -0.1) is 0 Å². The SMILES string of the molecule is Cc1ccccc1C(=O)N1CCC(N2CCCCCC2=O)CC1. The van der Waals surface area contributed by atoms with Crippen molar-refractivity contribution in [2.45, 2.75) is 51.5 Å². The van der Waals surface area contributed by atoms with Crippen molar-refractivity contribution in [3.63, 3.8) is 0 Å². The van der Waals surface area contributed by atoms with E-state index in [0.717, 1.165) is 62.9 Å². The number of carbonyl (C=O) groups is 2. The van der Waals surface area contributed by atoms with Crippen molar-refractivity contribution in [1.29, 1.82) is 0 Å². The van der Waals surface area contributed by atoms with Gasteiger partial charge in [-0.25, -0.2) is 0 Å². The lowest BCUT2D eigenvalue weighted by atomic mass is 10.0. The first-order chi connectivity index (χ1) is 11.2. The minimum atomic E-state index is 0.128. The number of hydrogen-bond donors (Lipinski definition) is 0. The van der Waals surface area contributed by atoms with Gasteiger partial charge in [-0.2, -0.15) is 0 Å². The van der Waals surface area contributed by atoms with E-state index >= 15 is 0 Å². The number of hydrogen-bond acceptors (Lipinski definition) is 2. The lowest BCUT2D eigenvalue weighted by Crippen LogP contribution is -2.48. The lowest BCUT2D eigenvalue weighted by Gasteiger charge is -2.38. The van der Waals surface area contributed by atoms with E-state index in [4.69, 9.17) is 0 Å². The second-order valence-corrected chi connectivity index (χ2v) is 6.74. The predicted molar refractivity (Wildman–Crippen MR) is 90.3 cm³/mol. The first kappa shape index (κ1) is 16.0. The van der Waals surface area contributed by atoms with Gasteiger partial charge < -0.3 is 9.80 Å². The van der Waals surface area contributed by atoms with Crippen molar-refractivity contribution in [1.82, 2.24) is 9.80 Å². The van der Waals surface area contributed by atoms with Gasteiger partial charge in [-0.05, 0) is 44.2 Å². The summed E-state index contributed by atoms with van der Waals surface area (Å²) < 4.78 is 0. The summed E-state index contributed by atoms with van der Waals surface area (Å²) in [6.07, 6.45) is 5.82.